The number of carboxylic acid groups (broad SMARTS) is 1. The van der Waals surface area contributed by atoms with Crippen molar-refractivity contribution >= 4 is 17.9 Å². The molecule has 1 atom stereocenters. The van der Waals surface area contributed by atoms with Gasteiger partial charge in [0.15, 0.2) is 0 Å². The van der Waals surface area contributed by atoms with Crippen LogP contribution in [0.3, 0.4) is 0 Å². The Balaban J connectivity index is 2.26. The molecular formula is C22H32N2O6. The number of ether oxygens (including phenoxy) is 2. The van der Waals surface area contributed by atoms with Gasteiger partial charge < -0.3 is 19.5 Å². The number of hydrogen-bond acceptors (Lipinski definition) is 5. The fraction of sp³-hybridized carbons (Fsp3) is 0.591. The summed E-state index contributed by atoms with van der Waals surface area (Å²) in [4.78, 5) is 39.0. The lowest BCUT2D eigenvalue weighted by atomic mass is 10.0. The second-order valence-electron chi connectivity index (χ2n) is 8.17. The van der Waals surface area contributed by atoms with Crippen molar-refractivity contribution in [3.8, 4) is 0 Å². The van der Waals surface area contributed by atoms with E-state index in [1.165, 1.54) is 25.7 Å². The summed E-state index contributed by atoms with van der Waals surface area (Å²) in [5.74, 6) is -1.88. The van der Waals surface area contributed by atoms with E-state index in [4.69, 9.17) is 9.47 Å². The lowest BCUT2D eigenvalue weighted by Crippen LogP contribution is -2.58. The molecule has 0 radical (unpaired) electrons. The molecule has 8 heteroatoms. The van der Waals surface area contributed by atoms with Gasteiger partial charge in [0.2, 0.25) is 5.91 Å². The first-order valence-corrected chi connectivity index (χ1v) is 10.1. The average molecular weight is 421 g/mol. The van der Waals surface area contributed by atoms with Gasteiger partial charge in [-0.25, -0.2) is 14.5 Å². The summed E-state index contributed by atoms with van der Waals surface area (Å²) in [5.41, 5.74) is 0.317. The number of aliphatic carboxylic acids is 1. The van der Waals surface area contributed by atoms with Crippen LogP contribution in [0.15, 0.2) is 24.3 Å². The first-order chi connectivity index (χ1) is 14.1. The molecule has 8 nitrogen and oxygen atoms in total. The third-order valence-corrected chi connectivity index (χ3v) is 5.42. The molecule has 2 rings (SSSR count). The van der Waals surface area contributed by atoms with Crippen LogP contribution in [0.5, 0.6) is 0 Å². The largest absolute Gasteiger partial charge is 0.480 e. The molecule has 0 bridgehead atoms. The van der Waals surface area contributed by atoms with Gasteiger partial charge in [-0.15, -0.1) is 0 Å². The van der Waals surface area contributed by atoms with E-state index in [2.05, 4.69) is 0 Å². The Bertz CT molecular complexity index is 773. The predicted octanol–water partition coefficient (Wildman–Crippen LogP) is 3.00. The molecule has 0 unspecified atom stereocenters. The topological polar surface area (TPSA) is 96.4 Å². The van der Waals surface area contributed by atoms with Gasteiger partial charge in [0.05, 0.1) is 12.6 Å². The summed E-state index contributed by atoms with van der Waals surface area (Å²) in [6, 6.07) is 7.12. The van der Waals surface area contributed by atoms with E-state index in [1.807, 2.05) is 31.2 Å². The van der Waals surface area contributed by atoms with E-state index in [0.29, 0.717) is 13.2 Å². The summed E-state index contributed by atoms with van der Waals surface area (Å²) in [6.45, 7) is 7.27. The van der Waals surface area contributed by atoms with Crippen LogP contribution in [0.2, 0.25) is 0 Å². The Labute approximate surface area is 177 Å². The third kappa shape index (κ3) is 5.58. The zero-order valence-corrected chi connectivity index (χ0v) is 18.4. The Morgan fingerprint density at radius 3 is 2.37 bits per heavy atom. The number of carbonyl (C=O) groups is 3. The molecule has 1 heterocycles. The highest BCUT2D eigenvalue weighted by molar-refractivity contribution is 5.99. The summed E-state index contributed by atoms with van der Waals surface area (Å²) in [7, 11) is 1.55. The van der Waals surface area contributed by atoms with Gasteiger partial charge >= 0.3 is 12.0 Å². The normalized spacial score (nSPS) is 16.0. The Kier molecular flexibility index (Phi) is 7.97. The van der Waals surface area contributed by atoms with Crippen LogP contribution in [0.25, 0.3) is 0 Å². The molecule has 0 aromatic heterocycles. The van der Waals surface area contributed by atoms with Gasteiger partial charge in [-0.2, -0.15) is 0 Å². The molecular weight excluding hydrogens is 388 g/mol. The van der Waals surface area contributed by atoms with Gasteiger partial charge in [0.25, 0.3) is 0 Å². The van der Waals surface area contributed by atoms with Crippen molar-refractivity contribution in [1.29, 1.82) is 0 Å². The maximum atomic E-state index is 13.1. The number of nitrogens with zero attached hydrogens (tertiary/aromatic N) is 2. The van der Waals surface area contributed by atoms with Gasteiger partial charge in [0, 0.05) is 27.2 Å². The highest BCUT2D eigenvalue weighted by Gasteiger charge is 2.42. The second kappa shape index (κ2) is 10.0. The molecule has 1 aromatic carbocycles. The first-order valence-electron chi connectivity index (χ1n) is 10.1. The molecule has 30 heavy (non-hydrogen) atoms. The van der Waals surface area contributed by atoms with E-state index in [9.17, 15) is 19.5 Å². The van der Waals surface area contributed by atoms with Crippen LogP contribution < -0.4 is 0 Å². The third-order valence-electron chi connectivity index (χ3n) is 5.42. The number of carbonyl (C=O) groups excluding carboxylic acids is 2. The summed E-state index contributed by atoms with van der Waals surface area (Å²) >= 11 is 0. The SMILES string of the molecule is CC(=O)N(C(=O)N(C)C[C@H](OC1CCOCC1)c1ccccc1C)C(C)(C)C(=O)O. The number of likely N-dealkylation sites (N-methyl/N-ethyl adjacent to an activating group) is 1. The van der Waals surface area contributed by atoms with Crippen LogP contribution in [0.1, 0.15) is 50.8 Å². The minimum Gasteiger partial charge on any atom is -0.480 e. The van der Waals surface area contributed by atoms with Gasteiger partial charge in [0.1, 0.15) is 11.6 Å². The predicted molar refractivity (Wildman–Crippen MR) is 111 cm³/mol. The second-order valence-corrected chi connectivity index (χ2v) is 8.17. The van der Waals surface area contributed by atoms with Gasteiger partial charge in [-0.1, -0.05) is 24.3 Å². The van der Waals surface area contributed by atoms with Gasteiger partial charge in [-0.3, -0.25) is 4.79 Å². The molecule has 0 aliphatic carbocycles. The highest BCUT2D eigenvalue weighted by Crippen LogP contribution is 2.27. The van der Waals surface area contributed by atoms with E-state index >= 15 is 0 Å². The van der Waals surface area contributed by atoms with Crippen LogP contribution in [-0.2, 0) is 19.1 Å². The first kappa shape index (κ1) is 23.8. The van der Waals surface area contributed by atoms with Crippen molar-refractivity contribution in [3.05, 3.63) is 35.4 Å². The molecule has 1 aromatic rings. The molecule has 0 spiro atoms. The minimum absolute atomic E-state index is 0.00577. The van der Waals surface area contributed by atoms with Crippen molar-refractivity contribution in [1.82, 2.24) is 9.80 Å². The number of carboxylic acids is 1. The van der Waals surface area contributed by atoms with Crippen molar-refractivity contribution < 1.29 is 29.0 Å². The number of hydrogen-bond donors (Lipinski definition) is 1. The Morgan fingerprint density at radius 2 is 1.83 bits per heavy atom. The average Bonchev–Trinajstić information content (AvgIpc) is 2.68. The van der Waals surface area contributed by atoms with Crippen LogP contribution >= 0.6 is 0 Å². The Morgan fingerprint density at radius 1 is 1.23 bits per heavy atom. The number of urea groups is 1. The summed E-state index contributed by atoms with van der Waals surface area (Å²) < 4.78 is 11.8. The molecule has 3 amide bonds. The van der Waals surface area contributed by atoms with E-state index in [0.717, 1.165) is 28.9 Å². The molecule has 1 aliphatic rings. The van der Waals surface area contributed by atoms with Crippen molar-refractivity contribution in [2.75, 3.05) is 26.8 Å². The molecule has 1 aliphatic heterocycles. The quantitative estimate of drug-likeness (QED) is 0.728. The van der Waals surface area contributed by atoms with Gasteiger partial charge in [-0.05, 0) is 44.7 Å². The molecule has 166 valence electrons. The maximum Gasteiger partial charge on any atom is 0.329 e. The summed E-state index contributed by atoms with van der Waals surface area (Å²) in [5, 5.41) is 9.50. The standard InChI is InChI=1S/C22H32N2O6/c1-15-8-6-7-9-18(15)19(30-17-10-12-29-13-11-17)14-23(5)21(28)24(16(2)25)22(3,4)20(26)27/h6-9,17,19H,10-14H2,1-5H3,(H,26,27)/t19-/m0/s1. The fourth-order valence-electron chi connectivity index (χ4n) is 3.57. The minimum atomic E-state index is -1.67. The molecule has 0 saturated carbocycles. The monoisotopic (exact) mass is 420 g/mol. The number of amides is 3. The van der Waals surface area contributed by atoms with Crippen molar-refractivity contribution in [2.45, 2.75) is 58.3 Å². The van der Waals surface area contributed by atoms with Crippen molar-refractivity contribution in [3.63, 3.8) is 0 Å². The van der Waals surface area contributed by atoms with Crippen LogP contribution in [0.4, 0.5) is 4.79 Å². The maximum absolute atomic E-state index is 13.1. The zero-order valence-electron chi connectivity index (χ0n) is 18.4. The molecule has 1 N–H and O–H groups in total. The number of rotatable bonds is 7. The molecule has 1 fully saturated rings. The smallest absolute Gasteiger partial charge is 0.329 e. The van der Waals surface area contributed by atoms with Crippen LogP contribution in [0, 0.1) is 6.92 Å². The van der Waals surface area contributed by atoms with Crippen molar-refractivity contribution in [2.24, 2.45) is 0 Å². The summed E-state index contributed by atoms with van der Waals surface area (Å²) in [6.07, 6.45) is 1.13. The van der Waals surface area contributed by atoms with E-state index < -0.39 is 29.6 Å². The highest BCUT2D eigenvalue weighted by atomic mass is 16.5. The van der Waals surface area contributed by atoms with Crippen LogP contribution in [-0.4, -0.2) is 71.3 Å². The van der Waals surface area contributed by atoms with E-state index in [1.54, 1.807) is 7.05 Å². The number of imide groups is 1. The number of aryl methyl sites for hydroxylation is 1. The Hall–Kier alpha value is -2.45. The number of benzene rings is 1. The lowest BCUT2D eigenvalue weighted by Gasteiger charge is -2.37. The molecule has 1 saturated heterocycles. The van der Waals surface area contributed by atoms with E-state index in [-0.39, 0.29) is 12.6 Å². The lowest BCUT2D eigenvalue weighted by molar-refractivity contribution is -0.153. The fourth-order valence-corrected chi connectivity index (χ4v) is 3.57. The zero-order chi connectivity index (χ0) is 22.5.